The number of hydrogen-bond donors (Lipinski definition) is 0. The van der Waals surface area contributed by atoms with Crippen LogP contribution in [-0.4, -0.2) is 47.9 Å². The van der Waals surface area contributed by atoms with Crippen LogP contribution in [0.4, 0.5) is 0 Å². The lowest BCUT2D eigenvalue weighted by Gasteiger charge is -2.32. The summed E-state index contributed by atoms with van der Waals surface area (Å²) < 4.78 is 0. The number of carbonyl (C=O) groups excluding carboxylic acids is 3. The van der Waals surface area contributed by atoms with E-state index in [1.165, 1.54) is 0 Å². The highest BCUT2D eigenvalue weighted by atomic mass is 16.7. The first-order valence-electron chi connectivity index (χ1n) is 7.85. The maximum absolute atomic E-state index is 12.4. The second kappa shape index (κ2) is 6.12. The first kappa shape index (κ1) is 15.7. The fourth-order valence-corrected chi connectivity index (χ4v) is 3.26. The van der Waals surface area contributed by atoms with Crippen molar-refractivity contribution in [3.8, 4) is 0 Å². The molecule has 1 aromatic rings. The minimum absolute atomic E-state index is 0.277. The van der Waals surface area contributed by atoms with Gasteiger partial charge >= 0.3 is 5.97 Å². The van der Waals surface area contributed by atoms with E-state index in [9.17, 15) is 14.4 Å². The average Bonchev–Trinajstić information content (AvgIpc) is 2.80. The third kappa shape index (κ3) is 2.86. The Morgan fingerprint density at radius 2 is 1.74 bits per heavy atom. The van der Waals surface area contributed by atoms with Gasteiger partial charge in [0.15, 0.2) is 0 Å². The smallest absolute Gasteiger partial charge is 0.329 e. The Morgan fingerprint density at radius 3 is 2.30 bits per heavy atom. The molecule has 1 aliphatic heterocycles. The minimum atomic E-state index is -0.570. The van der Waals surface area contributed by atoms with Crippen molar-refractivity contribution in [2.45, 2.75) is 31.7 Å². The Hall–Kier alpha value is -2.21. The van der Waals surface area contributed by atoms with Crippen LogP contribution in [0.3, 0.4) is 0 Å². The van der Waals surface area contributed by atoms with E-state index in [4.69, 9.17) is 4.84 Å². The molecule has 0 N–H and O–H groups in total. The van der Waals surface area contributed by atoms with E-state index in [1.807, 2.05) is 14.1 Å². The summed E-state index contributed by atoms with van der Waals surface area (Å²) in [4.78, 5) is 44.1. The topological polar surface area (TPSA) is 66.9 Å². The van der Waals surface area contributed by atoms with Gasteiger partial charge in [0.2, 0.25) is 0 Å². The molecule has 23 heavy (non-hydrogen) atoms. The van der Waals surface area contributed by atoms with Crippen molar-refractivity contribution in [1.82, 2.24) is 9.96 Å². The number of carbonyl (C=O) groups is 3. The molecule has 3 rings (SSSR count). The molecule has 6 heteroatoms. The monoisotopic (exact) mass is 316 g/mol. The number of nitrogens with zero attached hydrogens (tertiary/aromatic N) is 2. The molecule has 0 saturated heterocycles. The maximum Gasteiger partial charge on any atom is 0.336 e. The average molecular weight is 316 g/mol. The second-order valence-corrected chi connectivity index (χ2v) is 6.34. The van der Waals surface area contributed by atoms with Gasteiger partial charge in [-0.15, -0.1) is 0 Å². The molecule has 2 unspecified atom stereocenters. The Kier molecular flexibility index (Phi) is 4.17. The van der Waals surface area contributed by atoms with Gasteiger partial charge in [0.05, 0.1) is 17.0 Å². The van der Waals surface area contributed by atoms with Gasteiger partial charge in [-0.3, -0.25) is 9.59 Å². The van der Waals surface area contributed by atoms with Gasteiger partial charge in [-0.25, -0.2) is 4.79 Å². The number of imide groups is 1. The summed E-state index contributed by atoms with van der Waals surface area (Å²) in [6.07, 6.45) is 3.40. The largest absolute Gasteiger partial charge is 0.336 e. The van der Waals surface area contributed by atoms with Crippen LogP contribution in [0.15, 0.2) is 24.3 Å². The Labute approximate surface area is 135 Å². The van der Waals surface area contributed by atoms with Crippen LogP contribution in [0.1, 0.15) is 46.4 Å². The van der Waals surface area contributed by atoms with Crippen molar-refractivity contribution < 1.29 is 19.2 Å². The third-order valence-electron chi connectivity index (χ3n) is 4.65. The second-order valence-electron chi connectivity index (χ2n) is 6.34. The van der Waals surface area contributed by atoms with Crippen LogP contribution < -0.4 is 0 Å². The fourth-order valence-electron chi connectivity index (χ4n) is 3.26. The minimum Gasteiger partial charge on any atom is -0.329 e. The first-order chi connectivity index (χ1) is 11.0. The van der Waals surface area contributed by atoms with Gasteiger partial charge in [0, 0.05) is 6.04 Å². The van der Waals surface area contributed by atoms with E-state index >= 15 is 0 Å². The molecule has 0 radical (unpaired) electrons. The summed E-state index contributed by atoms with van der Waals surface area (Å²) in [5.74, 6) is -1.91. The van der Waals surface area contributed by atoms with Gasteiger partial charge < -0.3 is 9.74 Å². The first-order valence-corrected chi connectivity index (χ1v) is 7.85. The number of amides is 2. The third-order valence-corrected chi connectivity index (χ3v) is 4.65. The zero-order valence-corrected chi connectivity index (χ0v) is 13.3. The molecule has 1 saturated carbocycles. The SMILES string of the molecule is CN(C)C1CCCC(C(=O)ON2C(=O)c3ccccc3C2=O)C1. The summed E-state index contributed by atoms with van der Waals surface area (Å²) in [5.41, 5.74) is 0.556. The summed E-state index contributed by atoms with van der Waals surface area (Å²) >= 11 is 0. The highest BCUT2D eigenvalue weighted by molar-refractivity contribution is 6.20. The molecule has 0 bridgehead atoms. The standard InChI is InChI=1S/C17H20N2O4/c1-18(2)12-7-5-6-11(10-12)17(22)23-19-15(20)13-8-3-4-9-14(13)16(19)21/h3-4,8-9,11-12H,5-7,10H2,1-2H3. The highest BCUT2D eigenvalue weighted by Gasteiger charge is 2.40. The van der Waals surface area contributed by atoms with Gasteiger partial charge in [0.1, 0.15) is 0 Å². The van der Waals surface area contributed by atoms with Crippen molar-refractivity contribution in [1.29, 1.82) is 0 Å². The zero-order chi connectivity index (χ0) is 16.6. The maximum atomic E-state index is 12.4. The normalized spacial score (nSPS) is 24.0. The van der Waals surface area contributed by atoms with E-state index in [-0.39, 0.29) is 17.0 Å². The molecule has 2 amide bonds. The van der Waals surface area contributed by atoms with Crippen LogP contribution in [0, 0.1) is 5.92 Å². The van der Waals surface area contributed by atoms with Gasteiger partial charge in [-0.2, -0.15) is 0 Å². The molecule has 6 nitrogen and oxygen atoms in total. The van der Waals surface area contributed by atoms with Crippen LogP contribution in [0.2, 0.25) is 0 Å². The van der Waals surface area contributed by atoms with Crippen LogP contribution in [0.25, 0.3) is 0 Å². The number of rotatable bonds is 3. The number of benzene rings is 1. The van der Waals surface area contributed by atoms with Gasteiger partial charge in [0.25, 0.3) is 11.8 Å². The Bertz CT molecular complexity index is 621. The molecule has 0 spiro atoms. The van der Waals surface area contributed by atoms with Crippen molar-refractivity contribution in [3.05, 3.63) is 35.4 Å². The molecule has 1 heterocycles. The van der Waals surface area contributed by atoms with Crippen LogP contribution in [-0.2, 0) is 9.63 Å². The van der Waals surface area contributed by atoms with Crippen molar-refractivity contribution in [3.63, 3.8) is 0 Å². The molecular weight excluding hydrogens is 296 g/mol. The lowest BCUT2D eigenvalue weighted by molar-refractivity contribution is -0.175. The van der Waals surface area contributed by atoms with Crippen LogP contribution >= 0.6 is 0 Å². The molecule has 2 aliphatic rings. The van der Waals surface area contributed by atoms with Crippen LogP contribution in [0.5, 0.6) is 0 Å². The predicted molar refractivity (Wildman–Crippen MR) is 82.5 cm³/mol. The highest BCUT2D eigenvalue weighted by Crippen LogP contribution is 2.29. The van der Waals surface area contributed by atoms with E-state index in [0.29, 0.717) is 17.5 Å². The molecule has 1 fully saturated rings. The quantitative estimate of drug-likeness (QED) is 0.796. The number of hydroxylamine groups is 2. The number of fused-ring (bicyclic) bond motifs is 1. The summed E-state index contributed by atoms with van der Waals surface area (Å²) in [6.45, 7) is 0. The van der Waals surface area contributed by atoms with E-state index in [1.54, 1.807) is 24.3 Å². The number of hydrogen-bond acceptors (Lipinski definition) is 5. The lowest BCUT2D eigenvalue weighted by atomic mass is 9.85. The van der Waals surface area contributed by atoms with Gasteiger partial charge in [-0.05, 0) is 45.5 Å². The van der Waals surface area contributed by atoms with Crippen molar-refractivity contribution in [2.24, 2.45) is 5.92 Å². The molecule has 122 valence electrons. The zero-order valence-electron chi connectivity index (χ0n) is 13.3. The summed E-state index contributed by atoms with van der Waals surface area (Å²) in [7, 11) is 3.98. The van der Waals surface area contributed by atoms with Crippen molar-refractivity contribution in [2.75, 3.05) is 14.1 Å². The fraction of sp³-hybridized carbons (Fsp3) is 0.471. The van der Waals surface area contributed by atoms with E-state index in [0.717, 1.165) is 19.3 Å². The summed E-state index contributed by atoms with van der Waals surface area (Å²) in [6, 6.07) is 6.80. The van der Waals surface area contributed by atoms with E-state index in [2.05, 4.69) is 4.90 Å². The molecule has 0 aromatic heterocycles. The van der Waals surface area contributed by atoms with Gasteiger partial charge in [-0.1, -0.05) is 23.6 Å². The molecular formula is C17H20N2O4. The molecule has 2 atom stereocenters. The molecule has 1 aliphatic carbocycles. The predicted octanol–water partition coefficient (Wildman–Crippen LogP) is 1.86. The lowest BCUT2D eigenvalue weighted by Crippen LogP contribution is -2.39. The Balaban J connectivity index is 1.69. The Morgan fingerprint density at radius 1 is 1.13 bits per heavy atom. The summed E-state index contributed by atoms with van der Waals surface area (Å²) in [5, 5.41) is 0.603. The van der Waals surface area contributed by atoms with E-state index < -0.39 is 17.8 Å². The van der Waals surface area contributed by atoms with Crippen molar-refractivity contribution >= 4 is 17.8 Å². The molecule has 1 aromatic carbocycles.